The van der Waals surface area contributed by atoms with Gasteiger partial charge in [-0.1, -0.05) is 18.6 Å². The van der Waals surface area contributed by atoms with Crippen LogP contribution in [0.4, 0.5) is 0 Å². The third-order valence-corrected chi connectivity index (χ3v) is 11.6. The van der Waals surface area contributed by atoms with Crippen molar-refractivity contribution in [3.63, 3.8) is 0 Å². The summed E-state index contributed by atoms with van der Waals surface area (Å²) in [5.74, 6) is 0.263. The molecule has 8 unspecified atom stereocenters. The maximum absolute atomic E-state index is 13.3. The highest BCUT2D eigenvalue weighted by Crippen LogP contribution is 2.72. The lowest BCUT2D eigenvalue weighted by molar-refractivity contribution is -0.195. The zero-order valence-corrected chi connectivity index (χ0v) is 21.0. The molecule has 2 aliphatic heterocycles. The number of cyclic esters (lactones) is 1. The van der Waals surface area contributed by atoms with Crippen molar-refractivity contribution in [1.82, 2.24) is 0 Å². The predicted octanol–water partition coefficient (Wildman–Crippen LogP) is 3.50. The fourth-order valence-electron chi connectivity index (χ4n) is 9.36. The smallest absolute Gasteiger partial charge is 0.334 e. The third kappa shape index (κ3) is 2.58. The Hall–Kier alpha value is -1.50. The molecule has 0 aromatic heterocycles. The van der Waals surface area contributed by atoms with E-state index >= 15 is 0 Å². The predicted molar refractivity (Wildman–Crippen MR) is 125 cm³/mol. The first-order chi connectivity index (χ1) is 15.9. The summed E-state index contributed by atoms with van der Waals surface area (Å²) in [7, 11) is 0. The van der Waals surface area contributed by atoms with Gasteiger partial charge in [0.15, 0.2) is 5.78 Å². The molecule has 3 saturated carbocycles. The van der Waals surface area contributed by atoms with Crippen molar-refractivity contribution in [1.29, 1.82) is 0 Å². The van der Waals surface area contributed by atoms with Gasteiger partial charge in [-0.25, -0.2) is 4.79 Å². The number of hydrogen-bond acceptors (Lipinski definition) is 6. The van der Waals surface area contributed by atoms with E-state index in [2.05, 4.69) is 6.92 Å². The second-order valence-electron chi connectivity index (χ2n) is 12.8. The normalized spacial score (nSPS) is 53.3. The number of ether oxygens (including phenoxy) is 2. The van der Waals surface area contributed by atoms with E-state index in [4.69, 9.17) is 9.47 Å². The molecule has 0 aromatic carbocycles. The highest BCUT2D eigenvalue weighted by atomic mass is 16.6. The average molecular weight is 471 g/mol. The highest BCUT2D eigenvalue weighted by Gasteiger charge is 2.78. The summed E-state index contributed by atoms with van der Waals surface area (Å²) >= 11 is 0. The molecule has 0 amide bonds. The molecule has 4 aliphatic carbocycles. The Bertz CT molecular complexity index is 1030. The number of carbonyl (C=O) groups excluding carboxylic acids is 2. The lowest BCUT2D eigenvalue weighted by Crippen LogP contribution is -2.67. The molecule has 186 valence electrons. The Labute approximate surface area is 201 Å². The van der Waals surface area contributed by atoms with Crippen LogP contribution in [0, 0.1) is 34.5 Å². The van der Waals surface area contributed by atoms with Crippen LogP contribution in [-0.2, 0) is 19.1 Å². The summed E-state index contributed by atoms with van der Waals surface area (Å²) in [6.45, 7) is 9.86. The van der Waals surface area contributed by atoms with E-state index in [0.717, 1.165) is 31.3 Å². The molecule has 4 fully saturated rings. The van der Waals surface area contributed by atoms with Gasteiger partial charge >= 0.3 is 5.97 Å². The molecule has 6 aliphatic rings. The maximum atomic E-state index is 13.3. The van der Waals surface area contributed by atoms with Crippen LogP contribution in [0.15, 0.2) is 23.3 Å². The van der Waals surface area contributed by atoms with Gasteiger partial charge in [-0.15, -0.1) is 0 Å². The largest absolute Gasteiger partial charge is 0.456 e. The highest BCUT2D eigenvalue weighted by molar-refractivity contribution is 5.97. The first kappa shape index (κ1) is 22.9. The number of esters is 1. The number of fused-ring (bicyclic) bond motifs is 8. The van der Waals surface area contributed by atoms with E-state index in [0.29, 0.717) is 24.3 Å². The Kier molecular flexibility index (Phi) is 4.61. The van der Waals surface area contributed by atoms with Crippen LogP contribution in [0.2, 0.25) is 0 Å². The molecule has 2 N–H and O–H groups in total. The van der Waals surface area contributed by atoms with Gasteiger partial charge in [0.1, 0.15) is 23.4 Å². The Morgan fingerprint density at radius 3 is 2.56 bits per heavy atom. The van der Waals surface area contributed by atoms with Crippen LogP contribution in [0.1, 0.15) is 73.1 Å². The van der Waals surface area contributed by atoms with Crippen molar-refractivity contribution < 1.29 is 29.3 Å². The second-order valence-corrected chi connectivity index (χ2v) is 12.8. The zero-order chi connectivity index (χ0) is 24.4. The van der Waals surface area contributed by atoms with Crippen LogP contribution in [0.5, 0.6) is 0 Å². The fourth-order valence-corrected chi connectivity index (χ4v) is 9.36. The molecule has 0 radical (unpaired) electrons. The molecule has 6 heteroatoms. The van der Waals surface area contributed by atoms with Gasteiger partial charge in [0, 0.05) is 12.0 Å². The van der Waals surface area contributed by atoms with Gasteiger partial charge in [-0.2, -0.15) is 0 Å². The quantitative estimate of drug-likeness (QED) is 0.474. The zero-order valence-electron chi connectivity index (χ0n) is 21.0. The van der Waals surface area contributed by atoms with Gasteiger partial charge < -0.3 is 19.7 Å². The summed E-state index contributed by atoms with van der Waals surface area (Å²) in [4.78, 5) is 25.7. The summed E-state index contributed by atoms with van der Waals surface area (Å²) in [6.07, 6.45) is 7.18. The van der Waals surface area contributed by atoms with Crippen LogP contribution < -0.4 is 0 Å². The Balaban J connectivity index is 1.33. The molecule has 6 rings (SSSR count). The SMILES string of the molecule is CC1=C(C)C(=O)OC(C(C)(O)C2CCC3C4C5OC5[C@@]5(O)CC=CC(=O)[C@]5(C)C4CC[C@@]32C)C1. The van der Waals surface area contributed by atoms with Crippen molar-refractivity contribution in [3.05, 3.63) is 23.3 Å². The molecular formula is C28H38O6. The van der Waals surface area contributed by atoms with E-state index in [1.807, 2.05) is 26.8 Å². The van der Waals surface area contributed by atoms with Crippen LogP contribution in [-0.4, -0.2) is 51.5 Å². The molecule has 0 spiro atoms. The van der Waals surface area contributed by atoms with E-state index in [9.17, 15) is 19.8 Å². The third-order valence-electron chi connectivity index (χ3n) is 11.6. The summed E-state index contributed by atoms with van der Waals surface area (Å²) in [5.41, 5.74) is -1.60. The van der Waals surface area contributed by atoms with Crippen molar-refractivity contribution in [2.45, 2.75) is 103 Å². The van der Waals surface area contributed by atoms with Gasteiger partial charge in [-0.05, 0) is 95.0 Å². The molecule has 6 nitrogen and oxygen atoms in total. The number of allylic oxidation sites excluding steroid dienone is 1. The molecule has 0 bridgehead atoms. The van der Waals surface area contributed by atoms with E-state index in [1.54, 1.807) is 13.0 Å². The van der Waals surface area contributed by atoms with Gasteiger partial charge in [0.25, 0.3) is 0 Å². The van der Waals surface area contributed by atoms with Crippen LogP contribution in [0.25, 0.3) is 0 Å². The minimum atomic E-state index is -1.14. The molecule has 34 heavy (non-hydrogen) atoms. The average Bonchev–Trinajstić information content (AvgIpc) is 3.49. The van der Waals surface area contributed by atoms with E-state index < -0.39 is 22.7 Å². The number of rotatable bonds is 2. The minimum absolute atomic E-state index is 0.0114. The molecule has 2 heterocycles. The monoisotopic (exact) mass is 470 g/mol. The van der Waals surface area contributed by atoms with Crippen LogP contribution in [0.3, 0.4) is 0 Å². The number of epoxide rings is 1. The summed E-state index contributed by atoms with van der Waals surface area (Å²) < 4.78 is 12.0. The van der Waals surface area contributed by atoms with Crippen molar-refractivity contribution in [2.75, 3.05) is 0 Å². The first-order valence-electron chi connectivity index (χ1n) is 13.1. The Morgan fingerprint density at radius 1 is 1.12 bits per heavy atom. The topological polar surface area (TPSA) is 96.4 Å². The molecular weight excluding hydrogens is 432 g/mol. The van der Waals surface area contributed by atoms with Crippen molar-refractivity contribution >= 4 is 11.8 Å². The van der Waals surface area contributed by atoms with Crippen molar-refractivity contribution in [2.24, 2.45) is 34.5 Å². The molecule has 0 aromatic rings. The van der Waals surface area contributed by atoms with Gasteiger partial charge in [0.2, 0.25) is 0 Å². The number of carbonyl (C=O) groups is 2. The van der Waals surface area contributed by atoms with Crippen LogP contribution >= 0.6 is 0 Å². The summed E-state index contributed by atoms with van der Waals surface area (Å²) in [6, 6.07) is 0. The standard InChI is InChI=1S/C28H38O6/c1-14-13-20(33-24(30)15(14)2)27(5,31)18-9-8-16-21-17(10-12-25(16,18)3)26(4)19(29)7-6-11-28(26,32)23-22(21)34-23/h6-7,16-18,20-23,31-32H,8-13H2,1-5H3/t16?,17?,18?,20?,21?,22?,23?,25-,26-,27?,28-/m0/s1. The maximum Gasteiger partial charge on any atom is 0.334 e. The minimum Gasteiger partial charge on any atom is -0.456 e. The number of aliphatic hydroxyl groups is 2. The molecule has 11 atom stereocenters. The van der Waals surface area contributed by atoms with E-state index in [-0.39, 0.29) is 47.1 Å². The first-order valence-corrected chi connectivity index (χ1v) is 13.1. The number of ketones is 1. The Morgan fingerprint density at radius 2 is 1.85 bits per heavy atom. The lowest BCUT2D eigenvalue weighted by Gasteiger charge is -2.60. The number of hydrogen-bond donors (Lipinski definition) is 2. The lowest BCUT2D eigenvalue weighted by atomic mass is 9.43. The summed E-state index contributed by atoms with van der Waals surface area (Å²) in [5, 5.41) is 23.6. The fraction of sp³-hybridized carbons (Fsp3) is 0.786. The molecule has 1 saturated heterocycles. The van der Waals surface area contributed by atoms with Crippen molar-refractivity contribution in [3.8, 4) is 0 Å². The second kappa shape index (κ2) is 6.83. The van der Waals surface area contributed by atoms with Gasteiger partial charge in [0.05, 0.1) is 11.5 Å². The van der Waals surface area contributed by atoms with Gasteiger partial charge in [-0.3, -0.25) is 4.79 Å². The van der Waals surface area contributed by atoms with E-state index in [1.165, 1.54) is 0 Å².